The van der Waals surface area contributed by atoms with Crippen molar-refractivity contribution in [2.45, 2.75) is 23.8 Å². The molecule has 0 saturated carbocycles. The lowest BCUT2D eigenvalue weighted by atomic mass is 10.3. The number of aromatic nitrogens is 2. The van der Waals surface area contributed by atoms with Crippen molar-refractivity contribution in [2.24, 2.45) is 5.73 Å². The molecule has 0 saturated heterocycles. The van der Waals surface area contributed by atoms with Gasteiger partial charge in [-0.05, 0) is 6.42 Å². The van der Waals surface area contributed by atoms with E-state index in [-0.39, 0.29) is 11.1 Å². The Balaban J connectivity index is 2.54. The second-order valence-electron chi connectivity index (χ2n) is 2.36. The normalized spacial score (nSPS) is 12.8. The molecule has 0 spiro atoms. The van der Waals surface area contributed by atoms with E-state index in [1.54, 1.807) is 12.4 Å². The number of amidine groups is 1. The van der Waals surface area contributed by atoms with Crippen molar-refractivity contribution in [2.75, 3.05) is 0 Å². The predicted octanol–water partition coefficient (Wildman–Crippen LogP) is 1.22. The van der Waals surface area contributed by atoms with Crippen molar-refractivity contribution in [3.63, 3.8) is 0 Å². The van der Waals surface area contributed by atoms with Crippen LogP contribution in [0.5, 0.6) is 0 Å². The summed E-state index contributed by atoms with van der Waals surface area (Å²) in [6.07, 6.45) is 4.30. The van der Waals surface area contributed by atoms with E-state index in [0.717, 1.165) is 11.6 Å². The van der Waals surface area contributed by atoms with Crippen molar-refractivity contribution < 1.29 is 0 Å². The number of thioether (sulfide) groups is 1. The van der Waals surface area contributed by atoms with Gasteiger partial charge in [0, 0.05) is 12.4 Å². The molecule has 5 heteroatoms. The fourth-order valence-electron chi connectivity index (χ4n) is 0.817. The number of hydrogen-bond donors (Lipinski definition) is 3. The largest absolute Gasteiger partial charge is 0.387 e. The summed E-state index contributed by atoms with van der Waals surface area (Å²) in [5.74, 6) is 0.207. The Labute approximate surface area is 75.5 Å². The lowest BCUT2D eigenvalue weighted by Gasteiger charge is -2.09. The molecular formula is C7H12N4S. The van der Waals surface area contributed by atoms with Crippen LogP contribution < -0.4 is 5.73 Å². The van der Waals surface area contributed by atoms with Crippen LogP contribution >= 0.6 is 11.8 Å². The molecule has 66 valence electrons. The molecular weight excluding hydrogens is 172 g/mol. The smallest absolute Gasteiger partial charge is 0.165 e. The zero-order valence-corrected chi connectivity index (χ0v) is 7.69. The first-order chi connectivity index (χ1) is 5.74. The van der Waals surface area contributed by atoms with Gasteiger partial charge >= 0.3 is 0 Å². The Morgan fingerprint density at radius 3 is 3.08 bits per heavy atom. The molecule has 12 heavy (non-hydrogen) atoms. The number of hydrogen-bond acceptors (Lipinski definition) is 3. The Hall–Kier alpha value is -0.970. The Kier molecular flexibility index (Phi) is 3.16. The van der Waals surface area contributed by atoms with Crippen LogP contribution in [0.4, 0.5) is 0 Å². The van der Waals surface area contributed by atoms with Crippen LogP contribution in [-0.4, -0.2) is 21.1 Å². The number of nitrogens with two attached hydrogens (primary N) is 1. The molecule has 1 aromatic heterocycles. The fourth-order valence-corrected chi connectivity index (χ4v) is 1.64. The van der Waals surface area contributed by atoms with Crippen LogP contribution in [0.15, 0.2) is 17.6 Å². The van der Waals surface area contributed by atoms with Gasteiger partial charge in [-0.25, -0.2) is 4.98 Å². The average Bonchev–Trinajstić information content (AvgIpc) is 2.51. The van der Waals surface area contributed by atoms with Crippen molar-refractivity contribution in [1.29, 1.82) is 5.41 Å². The van der Waals surface area contributed by atoms with E-state index in [4.69, 9.17) is 11.1 Å². The molecule has 4 N–H and O–H groups in total. The summed E-state index contributed by atoms with van der Waals surface area (Å²) in [6.45, 7) is 2.00. The molecule has 1 aromatic rings. The number of nitrogens with one attached hydrogen (secondary N) is 2. The maximum atomic E-state index is 7.27. The van der Waals surface area contributed by atoms with Crippen molar-refractivity contribution in [1.82, 2.24) is 9.97 Å². The zero-order valence-electron chi connectivity index (χ0n) is 6.87. The number of nitrogens with zero attached hydrogens (tertiary/aromatic N) is 1. The van der Waals surface area contributed by atoms with Gasteiger partial charge in [-0.2, -0.15) is 0 Å². The maximum Gasteiger partial charge on any atom is 0.165 e. The zero-order chi connectivity index (χ0) is 8.97. The molecule has 4 nitrogen and oxygen atoms in total. The third kappa shape index (κ3) is 2.27. The number of rotatable bonds is 4. The van der Waals surface area contributed by atoms with Gasteiger partial charge in [0.15, 0.2) is 5.16 Å². The van der Waals surface area contributed by atoms with E-state index in [1.807, 2.05) is 6.92 Å². The quantitative estimate of drug-likeness (QED) is 0.374. The monoisotopic (exact) mass is 184 g/mol. The van der Waals surface area contributed by atoms with Crippen molar-refractivity contribution in [3.05, 3.63) is 12.4 Å². The highest BCUT2D eigenvalue weighted by atomic mass is 32.2. The van der Waals surface area contributed by atoms with Crippen LogP contribution in [0, 0.1) is 5.41 Å². The van der Waals surface area contributed by atoms with Crippen molar-refractivity contribution in [3.8, 4) is 0 Å². The molecule has 1 atom stereocenters. The summed E-state index contributed by atoms with van der Waals surface area (Å²) in [6, 6.07) is 0. The molecule has 0 fully saturated rings. The van der Waals surface area contributed by atoms with Gasteiger partial charge < -0.3 is 10.7 Å². The van der Waals surface area contributed by atoms with Crippen molar-refractivity contribution >= 4 is 17.6 Å². The Bertz CT molecular complexity index is 244. The van der Waals surface area contributed by atoms with E-state index in [1.165, 1.54) is 11.8 Å². The van der Waals surface area contributed by atoms with Gasteiger partial charge in [0.25, 0.3) is 0 Å². The second kappa shape index (κ2) is 4.15. The lowest BCUT2D eigenvalue weighted by molar-refractivity contribution is 0.971. The lowest BCUT2D eigenvalue weighted by Crippen LogP contribution is -2.24. The topological polar surface area (TPSA) is 78.5 Å². The van der Waals surface area contributed by atoms with Crippen LogP contribution in [0.3, 0.4) is 0 Å². The van der Waals surface area contributed by atoms with Crippen LogP contribution in [0.25, 0.3) is 0 Å². The number of aromatic amines is 1. The van der Waals surface area contributed by atoms with Gasteiger partial charge in [-0.1, -0.05) is 18.7 Å². The molecule has 1 unspecified atom stereocenters. The summed E-state index contributed by atoms with van der Waals surface area (Å²) in [5.41, 5.74) is 5.38. The van der Waals surface area contributed by atoms with Gasteiger partial charge in [-0.15, -0.1) is 0 Å². The predicted molar refractivity (Wildman–Crippen MR) is 50.4 cm³/mol. The summed E-state index contributed by atoms with van der Waals surface area (Å²) >= 11 is 1.49. The summed E-state index contributed by atoms with van der Waals surface area (Å²) in [7, 11) is 0. The fraction of sp³-hybridized carbons (Fsp3) is 0.429. The molecule has 0 amide bonds. The number of H-pyrrole nitrogens is 1. The van der Waals surface area contributed by atoms with E-state index in [0.29, 0.717) is 0 Å². The average molecular weight is 184 g/mol. The first-order valence-electron chi connectivity index (χ1n) is 3.74. The summed E-state index contributed by atoms with van der Waals surface area (Å²) in [5, 5.41) is 8.12. The minimum atomic E-state index is 0.0381. The SMILES string of the molecule is CCC(Sc1ncc[nH]1)C(=N)N. The molecule has 0 aliphatic carbocycles. The standard InChI is InChI=1S/C7H12N4S/c1-2-5(6(8)9)12-7-10-3-4-11-7/h3-5H,2H2,1H3,(H3,8,9)(H,10,11). The van der Waals surface area contributed by atoms with Crippen LogP contribution in [-0.2, 0) is 0 Å². The van der Waals surface area contributed by atoms with Gasteiger partial charge in [0.2, 0.25) is 0 Å². The molecule has 0 aromatic carbocycles. The van der Waals surface area contributed by atoms with E-state index >= 15 is 0 Å². The summed E-state index contributed by atoms with van der Waals surface area (Å²) < 4.78 is 0. The molecule has 1 heterocycles. The molecule has 0 bridgehead atoms. The van der Waals surface area contributed by atoms with Crippen LogP contribution in [0.1, 0.15) is 13.3 Å². The van der Waals surface area contributed by atoms with Gasteiger partial charge in [0.1, 0.15) is 5.84 Å². The Morgan fingerprint density at radius 2 is 2.67 bits per heavy atom. The first-order valence-corrected chi connectivity index (χ1v) is 4.62. The van der Waals surface area contributed by atoms with Crippen LogP contribution in [0.2, 0.25) is 0 Å². The maximum absolute atomic E-state index is 7.27. The highest BCUT2D eigenvalue weighted by molar-refractivity contribution is 8.00. The molecule has 0 radical (unpaired) electrons. The molecule has 1 rings (SSSR count). The van der Waals surface area contributed by atoms with Gasteiger partial charge in [0.05, 0.1) is 5.25 Å². The minimum Gasteiger partial charge on any atom is -0.387 e. The highest BCUT2D eigenvalue weighted by Gasteiger charge is 2.11. The molecule has 0 aliphatic heterocycles. The number of imidazole rings is 1. The third-order valence-corrected chi connectivity index (χ3v) is 2.76. The van der Waals surface area contributed by atoms with E-state index in [2.05, 4.69) is 9.97 Å². The Morgan fingerprint density at radius 1 is 1.92 bits per heavy atom. The first kappa shape index (κ1) is 9.12. The summed E-state index contributed by atoms with van der Waals surface area (Å²) in [4.78, 5) is 7.00. The van der Waals surface area contributed by atoms with Gasteiger partial charge in [-0.3, -0.25) is 5.41 Å². The highest BCUT2D eigenvalue weighted by Crippen LogP contribution is 2.20. The second-order valence-corrected chi connectivity index (χ2v) is 3.56. The van der Waals surface area contributed by atoms with E-state index in [9.17, 15) is 0 Å². The molecule has 0 aliphatic rings. The third-order valence-electron chi connectivity index (χ3n) is 1.44. The van der Waals surface area contributed by atoms with E-state index < -0.39 is 0 Å². The minimum absolute atomic E-state index is 0.0381.